The van der Waals surface area contributed by atoms with Gasteiger partial charge in [0, 0.05) is 38.8 Å². The lowest BCUT2D eigenvalue weighted by molar-refractivity contribution is -0.126. The van der Waals surface area contributed by atoms with Crippen LogP contribution in [0.5, 0.6) is 0 Å². The maximum absolute atomic E-state index is 14.6. The number of hydrogen-bond donors (Lipinski definition) is 2. The molecule has 0 aromatic heterocycles. The van der Waals surface area contributed by atoms with E-state index in [0.717, 1.165) is 5.56 Å². The van der Waals surface area contributed by atoms with Crippen LogP contribution in [0.15, 0.2) is 18.2 Å². The summed E-state index contributed by atoms with van der Waals surface area (Å²) in [6, 6.07) is 3.70. The van der Waals surface area contributed by atoms with Gasteiger partial charge in [-0.3, -0.25) is 19.3 Å². The summed E-state index contributed by atoms with van der Waals surface area (Å²) in [5, 5.41) is 6.07. The molecule has 1 saturated heterocycles. The average Bonchev–Trinajstić information content (AvgIpc) is 3.31. The van der Waals surface area contributed by atoms with Crippen LogP contribution in [0, 0.1) is 11.7 Å². The lowest BCUT2D eigenvalue weighted by Crippen LogP contribution is -2.54. The van der Waals surface area contributed by atoms with Crippen molar-refractivity contribution in [1.29, 1.82) is 0 Å². The lowest BCUT2D eigenvalue weighted by atomic mass is 10.0. The second-order valence-corrected chi connectivity index (χ2v) is 9.72. The Kier molecular flexibility index (Phi) is 10.0. The number of carbonyl (C=O) groups is 3. The zero-order valence-electron chi connectivity index (χ0n) is 21.1. The van der Waals surface area contributed by atoms with Crippen molar-refractivity contribution in [3.8, 4) is 0 Å². The zero-order valence-corrected chi connectivity index (χ0v) is 21.1. The summed E-state index contributed by atoms with van der Waals surface area (Å²) in [6.45, 7) is 9.23. The van der Waals surface area contributed by atoms with E-state index in [9.17, 15) is 18.8 Å². The lowest BCUT2D eigenvalue weighted by Gasteiger charge is -2.32. The highest BCUT2D eigenvalue weighted by Crippen LogP contribution is 2.23. The van der Waals surface area contributed by atoms with Crippen molar-refractivity contribution in [1.82, 2.24) is 20.4 Å². The molecule has 2 aliphatic heterocycles. The molecule has 3 amide bonds. The van der Waals surface area contributed by atoms with Gasteiger partial charge in [0.25, 0.3) is 5.91 Å². The van der Waals surface area contributed by atoms with E-state index in [1.165, 1.54) is 11.0 Å². The van der Waals surface area contributed by atoms with Gasteiger partial charge in [0.05, 0.1) is 18.7 Å². The maximum Gasteiger partial charge on any atom is 0.257 e. The molecule has 1 fully saturated rings. The van der Waals surface area contributed by atoms with Crippen LogP contribution >= 0.6 is 0 Å². The molecule has 2 N–H and O–H groups in total. The van der Waals surface area contributed by atoms with Crippen LogP contribution < -0.4 is 10.6 Å². The van der Waals surface area contributed by atoms with Gasteiger partial charge in [0.1, 0.15) is 11.9 Å². The van der Waals surface area contributed by atoms with Gasteiger partial charge < -0.3 is 20.3 Å². The average molecular weight is 491 g/mol. The molecular weight excluding hydrogens is 451 g/mol. The smallest absolute Gasteiger partial charge is 0.257 e. The molecule has 3 rings (SSSR count). The van der Waals surface area contributed by atoms with Gasteiger partial charge in [0.15, 0.2) is 0 Å². The third kappa shape index (κ3) is 7.48. The van der Waals surface area contributed by atoms with Crippen LogP contribution in [0.4, 0.5) is 4.39 Å². The molecule has 0 spiro atoms. The molecule has 194 valence electrons. The number of fused-ring (bicyclic) bond motifs is 3. The Morgan fingerprint density at radius 3 is 2.74 bits per heavy atom. The van der Waals surface area contributed by atoms with E-state index in [1.54, 1.807) is 12.1 Å². The molecule has 8 nitrogen and oxygen atoms in total. The molecule has 0 radical (unpaired) electrons. The van der Waals surface area contributed by atoms with E-state index in [0.29, 0.717) is 65.1 Å². The van der Waals surface area contributed by atoms with Crippen molar-refractivity contribution in [2.75, 3.05) is 45.9 Å². The first-order chi connectivity index (χ1) is 16.8. The Morgan fingerprint density at radius 1 is 1.20 bits per heavy atom. The van der Waals surface area contributed by atoms with Crippen molar-refractivity contribution in [2.45, 2.75) is 58.5 Å². The molecule has 1 aromatic rings. The summed E-state index contributed by atoms with van der Waals surface area (Å²) in [5.74, 6) is -1.24. The normalized spacial score (nSPS) is 23.1. The number of nitrogens with one attached hydrogen (secondary N) is 2. The van der Waals surface area contributed by atoms with E-state index in [-0.39, 0.29) is 35.9 Å². The van der Waals surface area contributed by atoms with Crippen LogP contribution in [0.25, 0.3) is 0 Å². The standard InChI is InChI=1S/C26H39FN4O4/c1-4-35-14-13-30-16-22(18(2)3)29-25(33)23-8-6-12-31(23)26(34)20-15-19(9-10-21(20)27)7-5-11-28-24(32)17-30/h9-10,15,18,22-23H,4-8,11-14,16-17H2,1-3H3,(H,28,32)(H,29,33)/t22-,23-/m0/s1. The molecule has 35 heavy (non-hydrogen) atoms. The Morgan fingerprint density at radius 2 is 2.00 bits per heavy atom. The molecule has 0 aliphatic carbocycles. The van der Waals surface area contributed by atoms with E-state index in [2.05, 4.69) is 10.6 Å². The van der Waals surface area contributed by atoms with Gasteiger partial charge in [-0.15, -0.1) is 0 Å². The summed E-state index contributed by atoms with van der Waals surface area (Å²) < 4.78 is 20.1. The van der Waals surface area contributed by atoms with Gasteiger partial charge in [-0.05, 0) is 56.2 Å². The SMILES string of the molecule is CCOCCN1CC(=O)NCCCc2ccc(F)c(c2)C(=O)N2CCC[C@H]2C(=O)N[C@H](C(C)C)C1. The topological polar surface area (TPSA) is 91.0 Å². The fraction of sp³-hybridized carbons (Fsp3) is 0.654. The largest absolute Gasteiger partial charge is 0.380 e. The highest BCUT2D eigenvalue weighted by molar-refractivity contribution is 5.98. The van der Waals surface area contributed by atoms with Crippen molar-refractivity contribution < 1.29 is 23.5 Å². The summed E-state index contributed by atoms with van der Waals surface area (Å²) in [5.41, 5.74) is 0.824. The summed E-state index contributed by atoms with van der Waals surface area (Å²) in [4.78, 5) is 42.8. The van der Waals surface area contributed by atoms with E-state index >= 15 is 0 Å². The van der Waals surface area contributed by atoms with Gasteiger partial charge in [-0.1, -0.05) is 19.9 Å². The predicted octanol–water partition coefficient (Wildman–Crippen LogP) is 1.97. The summed E-state index contributed by atoms with van der Waals surface area (Å²) >= 11 is 0. The first kappa shape index (κ1) is 27.1. The number of rotatable bonds is 5. The summed E-state index contributed by atoms with van der Waals surface area (Å²) in [7, 11) is 0. The Hall–Kier alpha value is -2.52. The molecule has 9 heteroatoms. The number of ether oxygens (including phenoxy) is 1. The van der Waals surface area contributed by atoms with Crippen LogP contribution in [0.2, 0.25) is 0 Å². The minimum Gasteiger partial charge on any atom is -0.380 e. The number of hydrogen-bond acceptors (Lipinski definition) is 5. The van der Waals surface area contributed by atoms with Gasteiger partial charge in [0.2, 0.25) is 11.8 Å². The van der Waals surface area contributed by atoms with E-state index < -0.39 is 17.8 Å². The molecular formula is C26H39FN4O4. The predicted molar refractivity (Wildman–Crippen MR) is 131 cm³/mol. The first-order valence-electron chi connectivity index (χ1n) is 12.8. The molecule has 2 bridgehead atoms. The van der Waals surface area contributed by atoms with Crippen LogP contribution in [0.3, 0.4) is 0 Å². The van der Waals surface area contributed by atoms with Crippen molar-refractivity contribution in [3.63, 3.8) is 0 Å². The highest BCUT2D eigenvalue weighted by atomic mass is 19.1. The number of carbonyl (C=O) groups excluding carboxylic acids is 3. The second-order valence-electron chi connectivity index (χ2n) is 9.72. The Balaban J connectivity index is 1.87. The molecule has 1 aromatic carbocycles. The third-order valence-electron chi connectivity index (χ3n) is 6.75. The molecule has 2 heterocycles. The van der Waals surface area contributed by atoms with Gasteiger partial charge in [-0.25, -0.2) is 4.39 Å². The number of aryl methyl sites for hydroxylation is 1. The van der Waals surface area contributed by atoms with E-state index in [1.807, 2.05) is 25.7 Å². The summed E-state index contributed by atoms with van der Waals surface area (Å²) in [6.07, 6.45) is 2.51. The Bertz CT molecular complexity index is 894. The number of nitrogens with zero attached hydrogens (tertiary/aromatic N) is 2. The van der Waals surface area contributed by atoms with Crippen molar-refractivity contribution >= 4 is 17.7 Å². The monoisotopic (exact) mass is 490 g/mol. The van der Waals surface area contributed by atoms with Gasteiger partial charge >= 0.3 is 0 Å². The van der Waals surface area contributed by atoms with Crippen LogP contribution in [0.1, 0.15) is 56.0 Å². The number of benzene rings is 1. The molecule has 2 atom stereocenters. The quantitative estimate of drug-likeness (QED) is 0.616. The Labute approximate surface area is 207 Å². The molecule has 0 saturated carbocycles. The molecule has 2 aliphatic rings. The van der Waals surface area contributed by atoms with E-state index in [4.69, 9.17) is 4.74 Å². The third-order valence-corrected chi connectivity index (χ3v) is 6.75. The maximum atomic E-state index is 14.6. The zero-order chi connectivity index (χ0) is 25.4. The first-order valence-corrected chi connectivity index (χ1v) is 12.8. The number of amides is 3. The number of halogens is 1. The van der Waals surface area contributed by atoms with Crippen molar-refractivity contribution in [3.05, 3.63) is 35.1 Å². The fourth-order valence-corrected chi connectivity index (χ4v) is 4.66. The van der Waals surface area contributed by atoms with Gasteiger partial charge in [-0.2, -0.15) is 0 Å². The molecule has 0 unspecified atom stereocenters. The second kappa shape index (κ2) is 13.0. The fourth-order valence-electron chi connectivity index (χ4n) is 4.66. The highest BCUT2D eigenvalue weighted by Gasteiger charge is 2.37. The van der Waals surface area contributed by atoms with Crippen molar-refractivity contribution in [2.24, 2.45) is 5.92 Å². The minimum absolute atomic E-state index is 0.00180. The minimum atomic E-state index is -0.636. The van der Waals surface area contributed by atoms with Crippen LogP contribution in [-0.2, 0) is 20.7 Å². The van der Waals surface area contributed by atoms with Crippen LogP contribution in [-0.4, -0.2) is 85.5 Å².